The molecular weight excluding hydrogens is 137 g/mol. The molecule has 1 rings (SSSR count). The zero-order valence-electron chi connectivity index (χ0n) is 6.79. The van der Waals surface area contributed by atoms with E-state index in [0.717, 1.165) is 5.46 Å². The van der Waals surface area contributed by atoms with Gasteiger partial charge in [0.05, 0.1) is 0 Å². The minimum Gasteiger partial charge on any atom is -0.294 e. The van der Waals surface area contributed by atoms with Crippen molar-refractivity contribution < 1.29 is 4.79 Å². The summed E-state index contributed by atoms with van der Waals surface area (Å²) < 4.78 is 0. The number of aromatic nitrogens is 1. The molecule has 1 aromatic rings. The summed E-state index contributed by atoms with van der Waals surface area (Å²) in [6.07, 6.45) is 3.90. The Kier molecular flexibility index (Phi) is 2.42. The highest BCUT2D eigenvalue weighted by Gasteiger charge is 2.01. The lowest BCUT2D eigenvalue weighted by Gasteiger charge is -1.96. The molecule has 2 nitrogen and oxygen atoms in total. The number of hydrogen-bond acceptors (Lipinski definition) is 2. The Bertz CT molecular complexity index is 273. The maximum Gasteiger partial charge on any atom is 0.164 e. The number of Topliss-reactive ketones (excluding diaryl/α,β-unsaturated/α-hetero) is 1. The summed E-state index contributed by atoms with van der Waals surface area (Å²) in [5, 5.41) is 0. The van der Waals surface area contributed by atoms with Crippen LogP contribution in [0.1, 0.15) is 23.7 Å². The first-order chi connectivity index (χ1) is 5.24. The second-order valence-electron chi connectivity index (χ2n) is 2.53. The average molecular weight is 147 g/mol. The quantitative estimate of drug-likeness (QED) is 0.433. The highest BCUT2D eigenvalue weighted by Crippen LogP contribution is 1.97. The molecule has 11 heavy (non-hydrogen) atoms. The summed E-state index contributed by atoms with van der Waals surface area (Å²) in [6.45, 7) is 1.85. The molecular formula is C8H10BNO. The van der Waals surface area contributed by atoms with Crippen LogP contribution >= 0.6 is 0 Å². The summed E-state index contributed by atoms with van der Waals surface area (Å²) in [5.41, 5.74) is 1.75. The van der Waals surface area contributed by atoms with Crippen LogP contribution in [0.15, 0.2) is 18.5 Å². The van der Waals surface area contributed by atoms with Gasteiger partial charge < -0.3 is 0 Å². The summed E-state index contributed by atoms with van der Waals surface area (Å²) in [4.78, 5) is 15.1. The van der Waals surface area contributed by atoms with Crippen LogP contribution in [-0.4, -0.2) is 18.6 Å². The van der Waals surface area contributed by atoms with Crippen LogP contribution in [-0.2, 0) is 0 Å². The number of carbonyl (C=O) groups excluding carboxylic acids is 1. The van der Waals surface area contributed by atoms with Crippen LogP contribution in [0.2, 0.25) is 0 Å². The van der Waals surface area contributed by atoms with Gasteiger partial charge in [-0.1, -0.05) is 18.5 Å². The molecule has 0 aromatic carbocycles. The molecule has 0 amide bonds. The maximum atomic E-state index is 11.1. The predicted molar refractivity (Wildman–Crippen MR) is 47.0 cm³/mol. The lowest BCUT2D eigenvalue weighted by molar-refractivity contribution is 0.0988. The van der Waals surface area contributed by atoms with Crippen molar-refractivity contribution in [3.63, 3.8) is 0 Å². The van der Waals surface area contributed by atoms with E-state index in [0.29, 0.717) is 12.0 Å². The molecule has 0 saturated heterocycles. The number of ketones is 1. The highest BCUT2D eigenvalue weighted by atomic mass is 16.1. The number of rotatable bonds is 2. The topological polar surface area (TPSA) is 30.0 Å². The zero-order valence-corrected chi connectivity index (χ0v) is 6.79. The fourth-order valence-corrected chi connectivity index (χ4v) is 0.912. The Morgan fingerprint density at radius 1 is 1.64 bits per heavy atom. The standard InChI is InChI=1S/C8H10BNO/c1-2-8(11)6-3-7(9)5-10-4-6/h3-5H,2,9H2,1H3. The van der Waals surface area contributed by atoms with Gasteiger partial charge in [0.15, 0.2) is 5.78 Å². The Labute approximate surface area is 67.1 Å². The molecule has 1 aromatic heterocycles. The van der Waals surface area contributed by atoms with E-state index >= 15 is 0 Å². The van der Waals surface area contributed by atoms with Crippen LogP contribution < -0.4 is 5.46 Å². The van der Waals surface area contributed by atoms with Crippen LogP contribution in [0.4, 0.5) is 0 Å². The molecule has 3 heteroatoms. The Morgan fingerprint density at radius 2 is 2.36 bits per heavy atom. The molecule has 0 spiro atoms. The number of pyridine rings is 1. The fraction of sp³-hybridized carbons (Fsp3) is 0.250. The smallest absolute Gasteiger partial charge is 0.164 e. The third-order valence-electron chi connectivity index (χ3n) is 1.52. The SMILES string of the molecule is Bc1cncc(C(=O)CC)c1. The van der Waals surface area contributed by atoms with Gasteiger partial charge in [-0.15, -0.1) is 0 Å². The van der Waals surface area contributed by atoms with Gasteiger partial charge >= 0.3 is 0 Å². The van der Waals surface area contributed by atoms with Gasteiger partial charge in [0.2, 0.25) is 0 Å². The minimum atomic E-state index is 0.154. The van der Waals surface area contributed by atoms with E-state index in [2.05, 4.69) is 4.98 Å². The lowest BCUT2D eigenvalue weighted by atomic mass is 9.96. The molecule has 0 N–H and O–H groups in total. The van der Waals surface area contributed by atoms with E-state index < -0.39 is 0 Å². The molecule has 1 heterocycles. The maximum absolute atomic E-state index is 11.1. The molecule has 0 aliphatic carbocycles. The largest absolute Gasteiger partial charge is 0.294 e. The third kappa shape index (κ3) is 1.90. The second kappa shape index (κ2) is 3.33. The van der Waals surface area contributed by atoms with Gasteiger partial charge in [-0.25, -0.2) is 0 Å². The molecule has 56 valence electrons. The number of carbonyl (C=O) groups is 1. The molecule has 0 saturated carbocycles. The van der Waals surface area contributed by atoms with Crippen molar-refractivity contribution in [3.8, 4) is 0 Å². The first kappa shape index (κ1) is 7.99. The number of nitrogens with zero attached hydrogens (tertiary/aromatic N) is 1. The van der Waals surface area contributed by atoms with Gasteiger partial charge in [0, 0.05) is 24.4 Å². The highest BCUT2D eigenvalue weighted by molar-refractivity contribution is 6.32. The summed E-state index contributed by atoms with van der Waals surface area (Å²) in [6, 6.07) is 1.86. The Balaban J connectivity index is 2.96. The summed E-state index contributed by atoms with van der Waals surface area (Å²) in [7, 11) is 1.93. The van der Waals surface area contributed by atoms with Crippen molar-refractivity contribution in [1.29, 1.82) is 0 Å². The van der Waals surface area contributed by atoms with E-state index in [1.165, 1.54) is 0 Å². The van der Waals surface area contributed by atoms with Crippen LogP contribution in [0.5, 0.6) is 0 Å². The molecule has 0 atom stereocenters. The molecule has 0 unspecified atom stereocenters. The molecule has 0 radical (unpaired) electrons. The lowest BCUT2D eigenvalue weighted by Crippen LogP contribution is -2.07. The van der Waals surface area contributed by atoms with Crippen LogP contribution in [0.25, 0.3) is 0 Å². The minimum absolute atomic E-state index is 0.154. The zero-order chi connectivity index (χ0) is 8.27. The first-order valence-corrected chi connectivity index (χ1v) is 3.69. The molecule has 0 bridgehead atoms. The van der Waals surface area contributed by atoms with Gasteiger partial charge in [0.1, 0.15) is 7.85 Å². The van der Waals surface area contributed by atoms with Crippen molar-refractivity contribution in [3.05, 3.63) is 24.0 Å². The average Bonchev–Trinajstić information content (AvgIpc) is 2.03. The first-order valence-electron chi connectivity index (χ1n) is 3.69. The van der Waals surface area contributed by atoms with Crippen molar-refractivity contribution in [2.24, 2.45) is 0 Å². The summed E-state index contributed by atoms with van der Waals surface area (Å²) in [5.74, 6) is 0.154. The molecule has 0 fully saturated rings. The van der Waals surface area contributed by atoms with Gasteiger partial charge in [-0.05, 0) is 0 Å². The third-order valence-corrected chi connectivity index (χ3v) is 1.52. The predicted octanol–water partition coefficient (Wildman–Crippen LogP) is -0.0673. The fourth-order valence-electron chi connectivity index (χ4n) is 0.912. The van der Waals surface area contributed by atoms with Crippen molar-refractivity contribution in [2.45, 2.75) is 13.3 Å². The molecule has 0 aliphatic rings. The van der Waals surface area contributed by atoms with Crippen LogP contribution in [0.3, 0.4) is 0 Å². The van der Waals surface area contributed by atoms with E-state index in [1.807, 2.05) is 20.8 Å². The number of hydrogen-bond donors (Lipinski definition) is 0. The van der Waals surface area contributed by atoms with Gasteiger partial charge in [-0.2, -0.15) is 0 Å². The van der Waals surface area contributed by atoms with Crippen molar-refractivity contribution >= 4 is 19.1 Å². The second-order valence-corrected chi connectivity index (χ2v) is 2.53. The Morgan fingerprint density at radius 3 is 2.91 bits per heavy atom. The normalized spacial score (nSPS) is 9.55. The van der Waals surface area contributed by atoms with E-state index in [-0.39, 0.29) is 5.78 Å². The Hall–Kier alpha value is -1.12. The van der Waals surface area contributed by atoms with E-state index in [1.54, 1.807) is 12.4 Å². The van der Waals surface area contributed by atoms with Crippen molar-refractivity contribution in [2.75, 3.05) is 0 Å². The summed E-state index contributed by atoms with van der Waals surface area (Å²) >= 11 is 0. The van der Waals surface area contributed by atoms with Gasteiger partial charge in [0.25, 0.3) is 0 Å². The molecule has 0 aliphatic heterocycles. The van der Waals surface area contributed by atoms with Crippen molar-refractivity contribution in [1.82, 2.24) is 4.98 Å². The van der Waals surface area contributed by atoms with Crippen LogP contribution in [0, 0.1) is 0 Å². The monoisotopic (exact) mass is 147 g/mol. The van der Waals surface area contributed by atoms with Gasteiger partial charge in [-0.3, -0.25) is 9.78 Å². The van der Waals surface area contributed by atoms with E-state index in [9.17, 15) is 4.79 Å². The van der Waals surface area contributed by atoms with E-state index in [4.69, 9.17) is 0 Å².